The molecular weight excluding hydrogens is 256 g/mol. The van der Waals surface area contributed by atoms with Crippen LogP contribution < -0.4 is 4.74 Å². The van der Waals surface area contributed by atoms with Gasteiger partial charge < -0.3 is 14.2 Å². The monoisotopic (exact) mass is 276 g/mol. The van der Waals surface area contributed by atoms with Gasteiger partial charge in [0, 0.05) is 26.1 Å². The van der Waals surface area contributed by atoms with Crippen LogP contribution in [0.1, 0.15) is 36.0 Å². The molecule has 2 saturated heterocycles. The number of rotatable bonds is 3. The van der Waals surface area contributed by atoms with Crippen molar-refractivity contribution in [3.8, 4) is 5.75 Å². The van der Waals surface area contributed by atoms with Gasteiger partial charge in [-0.3, -0.25) is 4.79 Å². The number of carbonyl (C=O) groups is 1. The first kappa shape index (κ1) is 13.6. The maximum atomic E-state index is 11.0. The third-order valence-electron chi connectivity index (χ3n) is 4.19. The minimum Gasteiger partial charge on any atom is -0.489 e. The van der Waals surface area contributed by atoms with E-state index < -0.39 is 0 Å². The van der Waals surface area contributed by atoms with Gasteiger partial charge in [-0.2, -0.15) is 0 Å². The summed E-state index contributed by atoms with van der Waals surface area (Å²) in [5.41, 5.74) is 0.525. The van der Waals surface area contributed by atoms with Crippen molar-refractivity contribution in [1.82, 2.24) is 0 Å². The van der Waals surface area contributed by atoms with Crippen LogP contribution in [0.5, 0.6) is 5.75 Å². The molecule has 1 atom stereocenters. The topological polar surface area (TPSA) is 44.8 Å². The van der Waals surface area contributed by atoms with Gasteiger partial charge in [-0.15, -0.1) is 0 Å². The van der Waals surface area contributed by atoms with Crippen molar-refractivity contribution in [2.24, 2.45) is 0 Å². The van der Waals surface area contributed by atoms with Crippen molar-refractivity contribution in [2.75, 3.05) is 19.8 Å². The molecule has 0 aliphatic carbocycles. The standard InChI is InChI=1S/C16H20O4/c17-12-13-3-1-2-4-15(13)20-14-5-8-19-16(11-14)6-9-18-10-7-16/h1-4,12,14H,5-11H2. The Balaban J connectivity index is 1.69. The number of carbonyl (C=O) groups excluding carboxylic acids is 1. The summed E-state index contributed by atoms with van der Waals surface area (Å²) >= 11 is 0. The van der Waals surface area contributed by atoms with Crippen LogP contribution in [0.3, 0.4) is 0 Å². The van der Waals surface area contributed by atoms with Gasteiger partial charge in [-0.1, -0.05) is 12.1 Å². The predicted molar refractivity (Wildman–Crippen MR) is 74.2 cm³/mol. The number of hydrogen-bond acceptors (Lipinski definition) is 4. The van der Waals surface area contributed by atoms with E-state index in [1.165, 1.54) is 0 Å². The quantitative estimate of drug-likeness (QED) is 0.796. The Hall–Kier alpha value is -1.39. The Morgan fingerprint density at radius 1 is 1.20 bits per heavy atom. The summed E-state index contributed by atoms with van der Waals surface area (Å²) in [6, 6.07) is 7.38. The summed E-state index contributed by atoms with van der Waals surface area (Å²) in [7, 11) is 0. The minimum absolute atomic E-state index is 0.0860. The lowest BCUT2D eigenvalue weighted by Crippen LogP contribution is -2.47. The van der Waals surface area contributed by atoms with Crippen molar-refractivity contribution < 1.29 is 19.0 Å². The summed E-state index contributed by atoms with van der Waals surface area (Å²) in [6.07, 6.45) is 4.57. The summed E-state index contributed by atoms with van der Waals surface area (Å²) < 4.78 is 17.5. The number of aldehydes is 1. The highest BCUT2D eigenvalue weighted by Crippen LogP contribution is 2.36. The molecule has 0 bridgehead atoms. The highest BCUT2D eigenvalue weighted by Gasteiger charge is 2.39. The van der Waals surface area contributed by atoms with E-state index in [1.54, 1.807) is 6.07 Å². The van der Waals surface area contributed by atoms with Crippen LogP contribution in [-0.2, 0) is 9.47 Å². The van der Waals surface area contributed by atoms with Crippen molar-refractivity contribution in [1.29, 1.82) is 0 Å². The molecule has 1 spiro atoms. The van der Waals surface area contributed by atoms with Crippen LogP contribution in [0.25, 0.3) is 0 Å². The van der Waals surface area contributed by atoms with Gasteiger partial charge in [-0.25, -0.2) is 0 Å². The Kier molecular flexibility index (Phi) is 4.03. The second-order valence-electron chi connectivity index (χ2n) is 5.53. The Labute approximate surface area is 119 Å². The third kappa shape index (κ3) is 2.86. The molecule has 4 nitrogen and oxygen atoms in total. The Morgan fingerprint density at radius 3 is 2.80 bits per heavy atom. The van der Waals surface area contributed by atoms with Gasteiger partial charge in [0.25, 0.3) is 0 Å². The van der Waals surface area contributed by atoms with E-state index in [-0.39, 0.29) is 11.7 Å². The predicted octanol–water partition coefficient (Wildman–Crippen LogP) is 2.61. The molecule has 20 heavy (non-hydrogen) atoms. The molecule has 0 N–H and O–H groups in total. The molecule has 108 valence electrons. The largest absolute Gasteiger partial charge is 0.489 e. The molecule has 2 heterocycles. The first-order chi connectivity index (χ1) is 9.81. The smallest absolute Gasteiger partial charge is 0.153 e. The Bertz CT molecular complexity index is 460. The SMILES string of the molecule is O=Cc1ccccc1OC1CCOC2(CCOCC2)C1. The van der Waals surface area contributed by atoms with E-state index in [0.717, 1.165) is 45.2 Å². The van der Waals surface area contributed by atoms with Crippen LogP contribution in [0.15, 0.2) is 24.3 Å². The lowest BCUT2D eigenvalue weighted by Gasteiger charge is -2.43. The molecule has 0 aromatic heterocycles. The summed E-state index contributed by atoms with van der Waals surface area (Å²) in [6.45, 7) is 2.24. The molecule has 2 fully saturated rings. The maximum absolute atomic E-state index is 11.0. The fraction of sp³-hybridized carbons (Fsp3) is 0.562. The zero-order valence-electron chi connectivity index (χ0n) is 11.5. The molecule has 4 heteroatoms. The van der Waals surface area contributed by atoms with Crippen molar-refractivity contribution in [3.05, 3.63) is 29.8 Å². The first-order valence-electron chi connectivity index (χ1n) is 7.24. The van der Waals surface area contributed by atoms with Crippen LogP contribution in [0.4, 0.5) is 0 Å². The summed E-state index contributed by atoms with van der Waals surface area (Å²) in [4.78, 5) is 11.0. The molecule has 3 rings (SSSR count). The first-order valence-corrected chi connectivity index (χ1v) is 7.24. The van der Waals surface area contributed by atoms with Crippen LogP contribution in [-0.4, -0.2) is 37.8 Å². The van der Waals surface area contributed by atoms with Crippen LogP contribution >= 0.6 is 0 Å². The summed E-state index contributed by atoms with van der Waals surface area (Å²) in [5, 5.41) is 0. The van der Waals surface area contributed by atoms with Crippen molar-refractivity contribution >= 4 is 6.29 Å². The average Bonchev–Trinajstić information content (AvgIpc) is 2.49. The van der Waals surface area contributed by atoms with E-state index in [9.17, 15) is 4.79 Å². The van der Waals surface area contributed by atoms with Gasteiger partial charge in [0.05, 0.1) is 17.8 Å². The molecule has 0 saturated carbocycles. The molecule has 0 amide bonds. The molecule has 1 unspecified atom stereocenters. The molecular formula is C16H20O4. The number of para-hydroxylation sites is 1. The van der Waals surface area contributed by atoms with E-state index in [2.05, 4.69) is 0 Å². The van der Waals surface area contributed by atoms with Gasteiger partial charge in [-0.05, 0) is 25.0 Å². The normalized spacial score (nSPS) is 25.3. The lowest BCUT2D eigenvalue weighted by molar-refractivity contribution is -0.155. The molecule has 2 aliphatic rings. The molecule has 1 aromatic carbocycles. The van der Waals surface area contributed by atoms with E-state index >= 15 is 0 Å². The molecule has 2 aliphatic heterocycles. The second kappa shape index (κ2) is 5.94. The number of hydrogen-bond donors (Lipinski definition) is 0. The number of ether oxygens (including phenoxy) is 3. The maximum Gasteiger partial charge on any atom is 0.153 e. The Morgan fingerprint density at radius 2 is 2.00 bits per heavy atom. The van der Waals surface area contributed by atoms with Crippen molar-refractivity contribution in [3.63, 3.8) is 0 Å². The van der Waals surface area contributed by atoms with E-state index in [0.29, 0.717) is 17.9 Å². The molecule has 0 radical (unpaired) electrons. The van der Waals surface area contributed by atoms with Gasteiger partial charge in [0.2, 0.25) is 0 Å². The third-order valence-corrected chi connectivity index (χ3v) is 4.19. The fourth-order valence-corrected chi connectivity index (χ4v) is 3.04. The fourth-order valence-electron chi connectivity index (χ4n) is 3.04. The van der Waals surface area contributed by atoms with Crippen molar-refractivity contribution in [2.45, 2.75) is 37.4 Å². The van der Waals surface area contributed by atoms with Gasteiger partial charge in [0.15, 0.2) is 6.29 Å². The van der Waals surface area contributed by atoms with Crippen LogP contribution in [0.2, 0.25) is 0 Å². The van der Waals surface area contributed by atoms with E-state index in [1.807, 2.05) is 18.2 Å². The number of benzene rings is 1. The summed E-state index contributed by atoms with van der Waals surface area (Å²) in [5.74, 6) is 0.677. The zero-order chi connectivity index (χ0) is 13.8. The highest BCUT2D eigenvalue weighted by molar-refractivity contribution is 5.79. The second-order valence-corrected chi connectivity index (χ2v) is 5.53. The minimum atomic E-state index is -0.0860. The average molecular weight is 276 g/mol. The van der Waals surface area contributed by atoms with Gasteiger partial charge >= 0.3 is 0 Å². The van der Waals surface area contributed by atoms with Crippen LogP contribution in [0, 0.1) is 0 Å². The zero-order valence-corrected chi connectivity index (χ0v) is 11.5. The molecule has 1 aromatic rings. The van der Waals surface area contributed by atoms with E-state index in [4.69, 9.17) is 14.2 Å². The van der Waals surface area contributed by atoms with Gasteiger partial charge in [0.1, 0.15) is 11.9 Å². The highest BCUT2D eigenvalue weighted by atomic mass is 16.5. The lowest BCUT2D eigenvalue weighted by atomic mass is 9.85.